The molecule has 0 aromatic heterocycles. The Kier molecular flexibility index (Phi) is 4.73. The highest BCUT2D eigenvalue weighted by atomic mass is 32.2. The molecular weight excluding hydrogens is 258 g/mol. The van der Waals surface area contributed by atoms with E-state index in [2.05, 4.69) is 11.8 Å². The van der Waals surface area contributed by atoms with Crippen LogP contribution < -0.4 is 5.73 Å². The van der Waals surface area contributed by atoms with Crippen LogP contribution in [0.5, 0.6) is 0 Å². The van der Waals surface area contributed by atoms with Crippen LogP contribution in [0.1, 0.15) is 44.9 Å². The summed E-state index contributed by atoms with van der Waals surface area (Å²) in [6.07, 6.45) is 8.51. The average Bonchev–Trinajstić information content (AvgIpc) is 2.48. The van der Waals surface area contributed by atoms with E-state index in [-0.39, 0.29) is 5.60 Å². The molecule has 3 heterocycles. The molecule has 3 atom stereocenters. The van der Waals surface area contributed by atoms with E-state index >= 15 is 0 Å². The maximum Gasteiger partial charge on any atom is 0.0729 e. The lowest BCUT2D eigenvalue weighted by molar-refractivity contribution is -0.149. The minimum atomic E-state index is 0.0954. The number of thioether (sulfide) groups is 1. The quantitative estimate of drug-likeness (QED) is 0.847. The van der Waals surface area contributed by atoms with Gasteiger partial charge in [-0.3, -0.25) is 0 Å². The molecule has 1 spiro atoms. The fraction of sp³-hybridized carbons (Fsp3) is 1.00. The predicted molar refractivity (Wildman–Crippen MR) is 79.5 cm³/mol. The minimum Gasteiger partial charge on any atom is -0.381 e. The third kappa shape index (κ3) is 3.29. The molecule has 3 unspecified atom stereocenters. The van der Waals surface area contributed by atoms with Gasteiger partial charge in [-0.1, -0.05) is 6.42 Å². The van der Waals surface area contributed by atoms with Crippen LogP contribution in [-0.4, -0.2) is 42.5 Å². The molecule has 19 heavy (non-hydrogen) atoms. The second-order valence-corrected chi connectivity index (χ2v) is 7.73. The number of hydrogen-bond acceptors (Lipinski definition) is 4. The molecule has 3 nitrogen and oxygen atoms in total. The zero-order valence-corrected chi connectivity index (χ0v) is 12.6. The zero-order valence-electron chi connectivity index (χ0n) is 11.8. The normalized spacial score (nSPS) is 37.1. The second-order valence-electron chi connectivity index (χ2n) is 6.38. The van der Waals surface area contributed by atoms with Crippen molar-refractivity contribution in [3.05, 3.63) is 0 Å². The summed E-state index contributed by atoms with van der Waals surface area (Å²) in [6, 6.07) is 0.369. The number of hydrogen-bond donors (Lipinski definition) is 1. The van der Waals surface area contributed by atoms with Crippen LogP contribution in [0.4, 0.5) is 0 Å². The van der Waals surface area contributed by atoms with Crippen molar-refractivity contribution in [3.63, 3.8) is 0 Å². The fourth-order valence-corrected chi connectivity index (χ4v) is 5.31. The predicted octanol–water partition coefficient (Wildman–Crippen LogP) is 2.58. The van der Waals surface area contributed by atoms with E-state index in [9.17, 15) is 0 Å². The van der Waals surface area contributed by atoms with Crippen molar-refractivity contribution >= 4 is 11.8 Å². The molecule has 3 rings (SSSR count). The topological polar surface area (TPSA) is 44.5 Å². The monoisotopic (exact) mass is 285 g/mol. The molecule has 0 amide bonds. The Hall–Kier alpha value is 0.230. The summed E-state index contributed by atoms with van der Waals surface area (Å²) in [6.45, 7) is 2.62. The lowest BCUT2D eigenvalue weighted by atomic mass is 9.77. The largest absolute Gasteiger partial charge is 0.381 e. The first-order valence-electron chi connectivity index (χ1n) is 7.88. The molecule has 3 aliphatic rings. The van der Waals surface area contributed by atoms with E-state index in [0.717, 1.165) is 45.5 Å². The Morgan fingerprint density at radius 1 is 1.11 bits per heavy atom. The van der Waals surface area contributed by atoms with E-state index in [1.54, 1.807) is 0 Å². The van der Waals surface area contributed by atoms with Gasteiger partial charge in [0.05, 0.1) is 5.60 Å². The molecule has 3 saturated heterocycles. The summed E-state index contributed by atoms with van der Waals surface area (Å²) in [5.74, 6) is 1.96. The van der Waals surface area contributed by atoms with Crippen LogP contribution in [0, 0.1) is 5.92 Å². The summed E-state index contributed by atoms with van der Waals surface area (Å²) in [7, 11) is 0. The average molecular weight is 285 g/mol. The first-order valence-corrected chi connectivity index (χ1v) is 8.93. The van der Waals surface area contributed by atoms with Gasteiger partial charge in [0.2, 0.25) is 0 Å². The zero-order chi connectivity index (χ0) is 13.1. The summed E-state index contributed by atoms with van der Waals surface area (Å²) < 4.78 is 11.6. The van der Waals surface area contributed by atoms with Crippen molar-refractivity contribution in [2.24, 2.45) is 11.7 Å². The highest BCUT2D eigenvalue weighted by Gasteiger charge is 2.42. The van der Waals surface area contributed by atoms with Crippen LogP contribution in [0.3, 0.4) is 0 Å². The van der Waals surface area contributed by atoms with Gasteiger partial charge in [-0.15, -0.1) is 0 Å². The standard InChI is InChI=1S/C15H27NO2S/c16-14(13-3-1-2-10-19-13)12-4-7-18-15(11-12)5-8-17-9-6-15/h12-14H,1-11,16H2. The summed E-state index contributed by atoms with van der Waals surface area (Å²) >= 11 is 2.11. The van der Waals surface area contributed by atoms with Gasteiger partial charge in [0.25, 0.3) is 0 Å². The van der Waals surface area contributed by atoms with Gasteiger partial charge in [0.1, 0.15) is 0 Å². The molecule has 2 N–H and O–H groups in total. The summed E-state index contributed by atoms with van der Waals surface area (Å²) in [4.78, 5) is 0. The van der Waals surface area contributed by atoms with E-state index in [4.69, 9.17) is 15.2 Å². The van der Waals surface area contributed by atoms with E-state index in [1.807, 2.05) is 0 Å². The molecule has 0 aromatic rings. The fourth-order valence-electron chi connectivity index (χ4n) is 3.86. The smallest absolute Gasteiger partial charge is 0.0729 e. The Morgan fingerprint density at radius 2 is 1.95 bits per heavy atom. The molecule has 0 aliphatic carbocycles. The maximum absolute atomic E-state index is 6.61. The van der Waals surface area contributed by atoms with Crippen LogP contribution >= 0.6 is 11.8 Å². The van der Waals surface area contributed by atoms with Crippen molar-refractivity contribution in [2.45, 2.75) is 61.8 Å². The van der Waals surface area contributed by atoms with Crippen molar-refractivity contribution in [1.29, 1.82) is 0 Å². The van der Waals surface area contributed by atoms with Gasteiger partial charge in [0.15, 0.2) is 0 Å². The molecule has 0 radical (unpaired) electrons. The maximum atomic E-state index is 6.61. The lowest BCUT2D eigenvalue weighted by Gasteiger charge is -2.46. The van der Waals surface area contributed by atoms with Gasteiger partial charge < -0.3 is 15.2 Å². The Bertz CT molecular complexity index is 282. The highest BCUT2D eigenvalue weighted by molar-refractivity contribution is 8.00. The third-order valence-electron chi connectivity index (χ3n) is 5.12. The van der Waals surface area contributed by atoms with Gasteiger partial charge >= 0.3 is 0 Å². The summed E-state index contributed by atoms with van der Waals surface area (Å²) in [5, 5.41) is 0.689. The first kappa shape index (κ1) is 14.2. The SMILES string of the molecule is NC(C1CCOC2(CCOCC2)C1)C1CCCCS1. The van der Waals surface area contributed by atoms with Gasteiger partial charge in [-0.25, -0.2) is 0 Å². The van der Waals surface area contributed by atoms with Crippen molar-refractivity contribution in [1.82, 2.24) is 0 Å². The molecular formula is C15H27NO2S. The number of rotatable bonds is 2. The van der Waals surface area contributed by atoms with Crippen molar-refractivity contribution in [3.8, 4) is 0 Å². The van der Waals surface area contributed by atoms with Crippen LogP contribution in [-0.2, 0) is 9.47 Å². The van der Waals surface area contributed by atoms with Crippen molar-refractivity contribution < 1.29 is 9.47 Å². The van der Waals surface area contributed by atoms with E-state index in [1.165, 1.54) is 25.0 Å². The molecule has 0 aromatic carbocycles. The van der Waals surface area contributed by atoms with Gasteiger partial charge in [0, 0.05) is 31.1 Å². The first-order chi connectivity index (χ1) is 9.29. The summed E-state index contributed by atoms with van der Waals surface area (Å²) in [5.41, 5.74) is 6.70. The highest BCUT2D eigenvalue weighted by Crippen LogP contribution is 2.40. The van der Waals surface area contributed by atoms with E-state index in [0.29, 0.717) is 17.2 Å². The molecule has 3 fully saturated rings. The van der Waals surface area contributed by atoms with Gasteiger partial charge in [-0.05, 0) is 50.2 Å². The van der Waals surface area contributed by atoms with E-state index < -0.39 is 0 Å². The lowest BCUT2D eigenvalue weighted by Crippen LogP contribution is -2.51. The minimum absolute atomic E-state index is 0.0954. The molecule has 0 bridgehead atoms. The molecule has 3 aliphatic heterocycles. The Labute approximate surface area is 121 Å². The third-order valence-corrected chi connectivity index (χ3v) is 6.63. The van der Waals surface area contributed by atoms with Crippen LogP contribution in [0.2, 0.25) is 0 Å². The van der Waals surface area contributed by atoms with Crippen LogP contribution in [0.15, 0.2) is 0 Å². The second kappa shape index (κ2) is 6.33. The van der Waals surface area contributed by atoms with Crippen molar-refractivity contribution in [2.75, 3.05) is 25.6 Å². The van der Waals surface area contributed by atoms with Crippen LogP contribution in [0.25, 0.3) is 0 Å². The molecule has 0 saturated carbocycles. The molecule has 4 heteroatoms. The van der Waals surface area contributed by atoms with Gasteiger partial charge in [-0.2, -0.15) is 11.8 Å². The number of ether oxygens (including phenoxy) is 2. The Balaban J connectivity index is 1.60. The Morgan fingerprint density at radius 3 is 2.68 bits per heavy atom. The number of nitrogens with two attached hydrogens (primary N) is 1. The molecule has 110 valence electrons.